The van der Waals surface area contributed by atoms with Gasteiger partial charge in [0.05, 0.1) is 29.8 Å². The maximum absolute atomic E-state index is 12.0. The fraction of sp³-hybridized carbons (Fsp3) is 0.300. The number of hydrogen-bond donors (Lipinski definition) is 1. The van der Waals surface area contributed by atoms with Gasteiger partial charge >= 0.3 is 0 Å². The molecule has 0 fully saturated rings. The topological polar surface area (TPSA) is 117 Å². The lowest BCUT2D eigenvalue weighted by Crippen LogP contribution is -2.16. The molecule has 2 rings (SSSR count). The number of aryl methyl sites for hydroxylation is 1. The smallest absolute Gasteiger partial charge is 0.250 e. The maximum atomic E-state index is 12.0. The number of pyridine rings is 1. The molecule has 2 N–H and O–H groups in total. The predicted octanol–water partition coefficient (Wildman–Crippen LogP) is -0.847. The van der Waals surface area contributed by atoms with Crippen molar-refractivity contribution in [1.82, 2.24) is 25.2 Å². The van der Waals surface area contributed by atoms with Crippen molar-refractivity contribution in [2.75, 3.05) is 0 Å². The Hall–Kier alpha value is -2.16. The zero-order valence-corrected chi connectivity index (χ0v) is 11.0. The SMILES string of the molecule is Cn1nnc(CS(=O)Cc2ncccc2C(N)=O)n1. The maximum Gasteiger partial charge on any atom is 0.250 e. The number of hydrogen-bond acceptors (Lipinski definition) is 6. The van der Waals surface area contributed by atoms with Crippen LogP contribution in [0.4, 0.5) is 0 Å². The van der Waals surface area contributed by atoms with Crippen molar-refractivity contribution in [2.45, 2.75) is 11.5 Å². The van der Waals surface area contributed by atoms with Crippen LogP contribution < -0.4 is 5.73 Å². The van der Waals surface area contributed by atoms with Crippen LogP contribution in [-0.2, 0) is 29.4 Å². The molecule has 2 heterocycles. The number of carbonyl (C=O) groups is 1. The van der Waals surface area contributed by atoms with Crippen LogP contribution in [0.1, 0.15) is 21.9 Å². The molecule has 19 heavy (non-hydrogen) atoms. The molecule has 2 aromatic heterocycles. The van der Waals surface area contributed by atoms with Crippen LogP contribution in [0.25, 0.3) is 0 Å². The van der Waals surface area contributed by atoms with Crippen LogP contribution in [-0.4, -0.2) is 35.3 Å². The molecule has 100 valence electrons. The van der Waals surface area contributed by atoms with Gasteiger partial charge in [-0.3, -0.25) is 14.0 Å². The molecule has 0 saturated heterocycles. The van der Waals surface area contributed by atoms with E-state index in [9.17, 15) is 9.00 Å². The highest BCUT2D eigenvalue weighted by molar-refractivity contribution is 7.83. The van der Waals surface area contributed by atoms with Crippen LogP contribution in [0.2, 0.25) is 0 Å². The van der Waals surface area contributed by atoms with E-state index in [0.29, 0.717) is 11.5 Å². The number of tetrazole rings is 1. The Kier molecular flexibility index (Phi) is 3.95. The van der Waals surface area contributed by atoms with Crippen molar-refractivity contribution in [3.8, 4) is 0 Å². The van der Waals surface area contributed by atoms with Crippen molar-refractivity contribution in [3.63, 3.8) is 0 Å². The van der Waals surface area contributed by atoms with Gasteiger partial charge in [0, 0.05) is 17.0 Å². The van der Waals surface area contributed by atoms with Crippen molar-refractivity contribution in [3.05, 3.63) is 35.4 Å². The van der Waals surface area contributed by atoms with E-state index in [1.165, 1.54) is 11.0 Å². The van der Waals surface area contributed by atoms with Gasteiger partial charge in [-0.1, -0.05) is 0 Å². The quantitative estimate of drug-likeness (QED) is 0.762. The van der Waals surface area contributed by atoms with Crippen molar-refractivity contribution < 1.29 is 9.00 Å². The summed E-state index contributed by atoms with van der Waals surface area (Å²) in [6, 6.07) is 3.17. The average molecular weight is 280 g/mol. The molecule has 2 aromatic rings. The third-order valence-electron chi connectivity index (χ3n) is 2.29. The van der Waals surface area contributed by atoms with Crippen LogP contribution >= 0.6 is 0 Å². The molecule has 1 amide bonds. The highest BCUT2D eigenvalue weighted by atomic mass is 32.2. The van der Waals surface area contributed by atoms with Gasteiger partial charge in [-0.2, -0.15) is 4.80 Å². The van der Waals surface area contributed by atoms with Gasteiger partial charge in [-0.15, -0.1) is 10.2 Å². The standard InChI is InChI=1S/C10H12N6O2S/c1-16-14-9(13-15-16)6-19(18)5-8-7(10(11)17)3-2-4-12-8/h2-4H,5-6H2,1H3,(H2,11,17). The molecule has 0 aliphatic carbocycles. The van der Waals surface area contributed by atoms with Crippen molar-refractivity contribution in [2.24, 2.45) is 12.8 Å². The van der Waals surface area contributed by atoms with Crippen LogP contribution in [0, 0.1) is 0 Å². The first-order valence-electron chi connectivity index (χ1n) is 5.38. The Morgan fingerprint density at radius 3 is 2.89 bits per heavy atom. The fourth-order valence-corrected chi connectivity index (χ4v) is 2.55. The number of nitrogens with two attached hydrogens (primary N) is 1. The monoisotopic (exact) mass is 280 g/mol. The average Bonchev–Trinajstić information content (AvgIpc) is 2.75. The van der Waals surface area contributed by atoms with Gasteiger partial charge in [0.2, 0.25) is 0 Å². The molecule has 0 aliphatic heterocycles. The second kappa shape index (κ2) is 5.65. The number of amides is 1. The molecule has 0 saturated carbocycles. The summed E-state index contributed by atoms with van der Waals surface area (Å²) in [4.78, 5) is 16.5. The first-order chi connectivity index (χ1) is 9.06. The lowest BCUT2D eigenvalue weighted by Gasteiger charge is -2.04. The Balaban J connectivity index is 2.09. The summed E-state index contributed by atoms with van der Waals surface area (Å²) in [5, 5.41) is 11.3. The summed E-state index contributed by atoms with van der Waals surface area (Å²) in [5.74, 6) is 0.0788. The van der Waals surface area contributed by atoms with E-state index in [4.69, 9.17) is 5.73 Å². The minimum absolute atomic E-state index is 0.122. The van der Waals surface area contributed by atoms with Gasteiger partial charge in [0.1, 0.15) is 0 Å². The van der Waals surface area contributed by atoms with E-state index in [2.05, 4.69) is 20.4 Å². The van der Waals surface area contributed by atoms with Gasteiger partial charge in [-0.05, 0) is 17.3 Å². The normalized spacial score (nSPS) is 12.3. The number of nitrogens with zero attached hydrogens (tertiary/aromatic N) is 5. The number of carbonyl (C=O) groups excluding carboxylic acids is 1. The summed E-state index contributed by atoms with van der Waals surface area (Å²) in [6.07, 6.45) is 1.53. The van der Waals surface area contributed by atoms with Crippen LogP contribution in [0.15, 0.2) is 18.3 Å². The third kappa shape index (κ3) is 3.41. The summed E-state index contributed by atoms with van der Waals surface area (Å²) < 4.78 is 12.0. The first-order valence-corrected chi connectivity index (χ1v) is 6.86. The Bertz CT molecular complexity index is 626. The molecule has 0 aromatic carbocycles. The van der Waals surface area contributed by atoms with Gasteiger partial charge < -0.3 is 5.73 Å². The molecular formula is C10H12N6O2S. The minimum Gasteiger partial charge on any atom is -0.366 e. The second-order valence-electron chi connectivity index (χ2n) is 3.79. The third-order valence-corrected chi connectivity index (χ3v) is 3.47. The van der Waals surface area contributed by atoms with Crippen molar-refractivity contribution >= 4 is 16.7 Å². The zero-order valence-electron chi connectivity index (χ0n) is 10.2. The second-order valence-corrected chi connectivity index (χ2v) is 5.24. The lowest BCUT2D eigenvalue weighted by molar-refractivity contribution is 0.0999. The number of rotatable bonds is 5. The van der Waals surface area contributed by atoms with E-state index in [1.807, 2.05) is 0 Å². The van der Waals surface area contributed by atoms with Crippen LogP contribution in [0.3, 0.4) is 0 Å². The van der Waals surface area contributed by atoms with E-state index >= 15 is 0 Å². The van der Waals surface area contributed by atoms with Gasteiger partial charge in [-0.25, -0.2) is 0 Å². The van der Waals surface area contributed by atoms with E-state index < -0.39 is 16.7 Å². The first kappa shape index (κ1) is 13.3. The highest BCUT2D eigenvalue weighted by Gasteiger charge is 2.13. The molecule has 1 unspecified atom stereocenters. The van der Waals surface area contributed by atoms with Crippen molar-refractivity contribution in [1.29, 1.82) is 0 Å². The fourth-order valence-electron chi connectivity index (χ4n) is 1.51. The summed E-state index contributed by atoms with van der Waals surface area (Å²) in [6.45, 7) is 0. The molecular weight excluding hydrogens is 268 g/mol. The van der Waals surface area contributed by atoms with Gasteiger partial charge in [0.15, 0.2) is 5.82 Å². The largest absolute Gasteiger partial charge is 0.366 e. The number of aromatic nitrogens is 5. The molecule has 0 spiro atoms. The molecule has 8 nitrogen and oxygen atoms in total. The van der Waals surface area contributed by atoms with E-state index in [-0.39, 0.29) is 17.1 Å². The molecule has 9 heteroatoms. The van der Waals surface area contributed by atoms with E-state index in [0.717, 1.165) is 0 Å². The van der Waals surface area contributed by atoms with E-state index in [1.54, 1.807) is 19.2 Å². The minimum atomic E-state index is -1.28. The van der Waals surface area contributed by atoms with Gasteiger partial charge in [0.25, 0.3) is 5.91 Å². The summed E-state index contributed by atoms with van der Waals surface area (Å²) >= 11 is 0. The zero-order chi connectivity index (χ0) is 13.8. The Morgan fingerprint density at radius 1 is 1.47 bits per heavy atom. The molecule has 0 aliphatic rings. The van der Waals surface area contributed by atoms with Crippen LogP contribution in [0.5, 0.6) is 0 Å². The summed E-state index contributed by atoms with van der Waals surface area (Å²) in [5.41, 5.74) is 5.92. The molecule has 0 radical (unpaired) electrons. The number of primary amides is 1. The highest BCUT2D eigenvalue weighted by Crippen LogP contribution is 2.09. The Morgan fingerprint density at radius 2 is 2.26 bits per heavy atom. The lowest BCUT2D eigenvalue weighted by atomic mass is 10.2. The molecule has 0 bridgehead atoms. The summed E-state index contributed by atoms with van der Waals surface area (Å²) in [7, 11) is 0.344. The predicted molar refractivity (Wildman–Crippen MR) is 67.1 cm³/mol. The molecule has 1 atom stereocenters. The Labute approximate surface area is 111 Å².